The van der Waals surface area contributed by atoms with E-state index in [0.717, 1.165) is 16.9 Å². The van der Waals surface area contributed by atoms with Gasteiger partial charge in [0.1, 0.15) is 5.75 Å². The van der Waals surface area contributed by atoms with Crippen LogP contribution in [0.3, 0.4) is 0 Å². The van der Waals surface area contributed by atoms with Crippen LogP contribution < -0.4 is 15.4 Å². The van der Waals surface area contributed by atoms with E-state index in [9.17, 15) is 9.59 Å². The van der Waals surface area contributed by atoms with E-state index >= 15 is 0 Å². The molecule has 126 valence electrons. The molecule has 0 bridgehead atoms. The summed E-state index contributed by atoms with van der Waals surface area (Å²) >= 11 is 0. The van der Waals surface area contributed by atoms with Crippen LogP contribution in [0.5, 0.6) is 5.75 Å². The Morgan fingerprint density at radius 1 is 1.00 bits per heavy atom. The second-order valence-electron chi connectivity index (χ2n) is 5.46. The van der Waals surface area contributed by atoms with Crippen LogP contribution >= 0.6 is 0 Å². The van der Waals surface area contributed by atoms with Crippen LogP contribution in [0.1, 0.15) is 24.1 Å². The van der Waals surface area contributed by atoms with Crippen molar-refractivity contribution in [3.8, 4) is 5.75 Å². The normalized spacial score (nSPS) is 11.4. The number of carbonyl (C=O) groups is 2. The lowest BCUT2D eigenvalue weighted by molar-refractivity contribution is -0.139. The third-order valence-electron chi connectivity index (χ3n) is 3.71. The molecule has 5 heteroatoms. The number of hydrogen-bond acceptors (Lipinski definition) is 3. The molecule has 0 heterocycles. The van der Waals surface area contributed by atoms with E-state index in [2.05, 4.69) is 10.6 Å². The maximum absolute atomic E-state index is 11.9. The van der Waals surface area contributed by atoms with Gasteiger partial charge < -0.3 is 15.4 Å². The minimum Gasteiger partial charge on any atom is -0.497 e. The maximum atomic E-state index is 11.9. The molecule has 5 nitrogen and oxygen atoms in total. The average Bonchev–Trinajstić information content (AvgIpc) is 2.62. The second-order valence-corrected chi connectivity index (χ2v) is 5.46. The van der Waals surface area contributed by atoms with Gasteiger partial charge in [-0.25, -0.2) is 0 Å². The summed E-state index contributed by atoms with van der Waals surface area (Å²) in [6.45, 7) is 2.25. The molecule has 24 heavy (non-hydrogen) atoms. The van der Waals surface area contributed by atoms with E-state index in [4.69, 9.17) is 4.74 Å². The van der Waals surface area contributed by atoms with Gasteiger partial charge in [-0.15, -0.1) is 0 Å². The summed E-state index contributed by atoms with van der Waals surface area (Å²) in [7, 11) is 1.62. The number of benzene rings is 2. The topological polar surface area (TPSA) is 67.4 Å². The lowest BCUT2D eigenvalue weighted by atomic mass is 10.1. The van der Waals surface area contributed by atoms with Crippen molar-refractivity contribution in [2.75, 3.05) is 13.7 Å². The predicted octanol–water partition coefficient (Wildman–Crippen LogP) is 2.23. The van der Waals surface area contributed by atoms with Gasteiger partial charge in [-0.3, -0.25) is 9.59 Å². The Morgan fingerprint density at radius 2 is 1.67 bits per heavy atom. The molecule has 2 aromatic carbocycles. The lowest BCUT2D eigenvalue weighted by Gasteiger charge is -2.14. The van der Waals surface area contributed by atoms with Crippen molar-refractivity contribution in [3.63, 3.8) is 0 Å². The molecule has 0 saturated carbocycles. The molecular formula is C19H22N2O3. The Morgan fingerprint density at radius 3 is 2.29 bits per heavy atom. The summed E-state index contributed by atoms with van der Waals surface area (Å²) in [6.07, 6.45) is 0.650. The summed E-state index contributed by atoms with van der Waals surface area (Å²) in [4.78, 5) is 23.8. The molecule has 2 amide bonds. The fourth-order valence-electron chi connectivity index (χ4n) is 2.28. The lowest BCUT2D eigenvalue weighted by Crippen LogP contribution is -2.41. The maximum Gasteiger partial charge on any atom is 0.309 e. The van der Waals surface area contributed by atoms with E-state index in [1.807, 2.05) is 61.5 Å². The first-order valence-electron chi connectivity index (χ1n) is 7.86. The van der Waals surface area contributed by atoms with Crippen LogP contribution in [0.2, 0.25) is 0 Å². The third-order valence-corrected chi connectivity index (χ3v) is 3.71. The van der Waals surface area contributed by atoms with Crippen LogP contribution in [0.4, 0.5) is 0 Å². The van der Waals surface area contributed by atoms with Crippen LogP contribution in [0.25, 0.3) is 0 Å². The zero-order valence-corrected chi connectivity index (χ0v) is 13.9. The van der Waals surface area contributed by atoms with Crippen molar-refractivity contribution in [2.24, 2.45) is 0 Å². The first kappa shape index (κ1) is 17.5. The van der Waals surface area contributed by atoms with Crippen molar-refractivity contribution in [1.29, 1.82) is 0 Å². The summed E-state index contributed by atoms with van der Waals surface area (Å²) in [5, 5.41) is 5.33. The number of nitrogens with one attached hydrogen (secondary N) is 2. The Bertz CT molecular complexity index is 669. The molecule has 0 aliphatic heterocycles. The molecule has 0 aliphatic rings. The van der Waals surface area contributed by atoms with Gasteiger partial charge in [0.05, 0.1) is 13.2 Å². The van der Waals surface area contributed by atoms with Gasteiger partial charge in [-0.05, 0) is 36.6 Å². The number of amides is 2. The van der Waals surface area contributed by atoms with Crippen LogP contribution in [-0.4, -0.2) is 25.5 Å². The third kappa shape index (κ3) is 5.12. The Labute approximate surface area is 142 Å². The van der Waals surface area contributed by atoms with Crippen molar-refractivity contribution < 1.29 is 14.3 Å². The highest BCUT2D eigenvalue weighted by Gasteiger charge is 2.16. The Kier molecular flexibility index (Phi) is 6.37. The SMILES string of the molecule is COc1ccc(CCNC(=O)C(=O)NC(C)c2ccccc2)cc1. The van der Waals surface area contributed by atoms with E-state index in [1.165, 1.54) is 0 Å². The van der Waals surface area contributed by atoms with Crippen molar-refractivity contribution in [3.05, 3.63) is 65.7 Å². The molecule has 2 rings (SSSR count). The van der Waals surface area contributed by atoms with Crippen molar-refractivity contribution in [1.82, 2.24) is 10.6 Å². The Hall–Kier alpha value is -2.82. The smallest absolute Gasteiger partial charge is 0.309 e. The number of carbonyl (C=O) groups excluding carboxylic acids is 2. The van der Waals surface area contributed by atoms with Gasteiger partial charge in [0.2, 0.25) is 0 Å². The summed E-state index contributed by atoms with van der Waals surface area (Å²) < 4.78 is 5.09. The van der Waals surface area contributed by atoms with E-state index in [1.54, 1.807) is 7.11 Å². The van der Waals surface area contributed by atoms with E-state index < -0.39 is 11.8 Å². The van der Waals surface area contributed by atoms with Gasteiger partial charge in [0, 0.05) is 6.54 Å². The van der Waals surface area contributed by atoms with Crippen LogP contribution in [0.15, 0.2) is 54.6 Å². The highest BCUT2D eigenvalue weighted by atomic mass is 16.5. The molecule has 0 saturated heterocycles. The highest BCUT2D eigenvalue weighted by molar-refractivity contribution is 6.35. The van der Waals surface area contributed by atoms with Gasteiger partial charge in [0.15, 0.2) is 0 Å². The highest BCUT2D eigenvalue weighted by Crippen LogP contribution is 2.12. The number of rotatable bonds is 6. The van der Waals surface area contributed by atoms with Gasteiger partial charge in [-0.1, -0.05) is 42.5 Å². The minimum absolute atomic E-state index is 0.217. The van der Waals surface area contributed by atoms with E-state index in [-0.39, 0.29) is 6.04 Å². The van der Waals surface area contributed by atoms with Gasteiger partial charge >= 0.3 is 11.8 Å². The summed E-state index contributed by atoms with van der Waals surface area (Å²) in [5.41, 5.74) is 2.02. The predicted molar refractivity (Wildman–Crippen MR) is 92.7 cm³/mol. The number of hydrogen-bond donors (Lipinski definition) is 2. The zero-order chi connectivity index (χ0) is 17.4. The molecule has 0 radical (unpaired) electrons. The molecule has 0 fully saturated rings. The van der Waals surface area contributed by atoms with E-state index in [0.29, 0.717) is 13.0 Å². The fourth-order valence-corrected chi connectivity index (χ4v) is 2.28. The molecule has 0 aliphatic carbocycles. The van der Waals surface area contributed by atoms with Crippen LogP contribution in [0, 0.1) is 0 Å². The molecule has 0 spiro atoms. The summed E-state index contributed by atoms with van der Waals surface area (Å²) in [6, 6.07) is 16.9. The van der Waals surface area contributed by atoms with Crippen molar-refractivity contribution in [2.45, 2.75) is 19.4 Å². The molecule has 2 aromatic rings. The molecular weight excluding hydrogens is 304 g/mol. The molecule has 1 atom stereocenters. The van der Waals surface area contributed by atoms with Gasteiger partial charge in [0.25, 0.3) is 0 Å². The van der Waals surface area contributed by atoms with Crippen LogP contribution in [-0.2, 0) is 16.0 Å². The van der Waals surface area contributed by atoms with Gasteiger partial charge in [-0.2, -0.15) is 0 Å². The number of ether oxygens (including phenoxy) is 1. The fraction of sp³-hybridized carbons (Fsp3) is 0.263. The first-order valence-corrected chi connectivity index (χ1v) is 7.86. The average molecular weight is 326 g/mol. The minimum atomic E-state index is -0.624. The Balaban J connectivity index is 1.76. The molecule has 1 unspecified atom stereocenters. The quantitative estimate of drug-likeness (QED) is 0.800. The summed E-state index contributed by atoms with van der Waals surface area (Å²) in [5.74, 6) is -0.454. The molecule has 2 N–H and O–H groups in total. The monoisotopic (exact) mass is 326 g/mol. The largest absolute Gasteiger partial charge is 0.497 e. The molecule has 0 aromatic heterocycles. The van der Waals surface area contributed by atoms with Crippen molar-refractivity contribution >= 4 is 11.8 Å². The zero-order valence-electron chi connectivity index (χ0n) is 13.9. The second kappa shape index (κ2) is 8.72. The number of methoxy groups -OCH3 is 1. The first-order chi connectivity index (χ1) is 11.6. The standard InChI is InChI=1S/C19H22N2O3/c1-14(16-6-4-3-5-7-16)21-19(23)18(22)20-13-12-15-8-10-17(24-2)11-9-15/h3-11,14H,12-13H2,1-2H3,(H,20,22)(H,21,23).